The summed E-state index contributed by atoms with van der Waals surface area (Å²) in [6, 6.07) is 0. The first-order chi connectivity index (χ1) is 5.22. The fourth-order valence-electron chi connectivity index (χ4n) is 0.877. The van der Waals surface area contributed by atoms with Gasteiger partial charge in [0.25, 0.3) is 0 Å². The maximum absolute atomic E-state index is 10.5. The van der Waals surface area contributed by atoms with Crippen LogP contribution >= 0.6 is 0 Å². The van der Waals surface area contributed by atoms with Crippen LogP contribution in [0.15, 0.2) is 0 Å². The number of hydrogen-bond acceptors (Lipinski definition) is 2. The maximum Gasteiger partial charge on any atom is 0.304 e. The lowest BCUT2D eigenvalue weighted by Gasteiger charge is -2.06. The Morgan fingerprint density at radius 1 is 1.64 bits per heavy atom. The zero-order valence-electron chi connectivity index (χ0n) is 6.84. The molecule has 0 fully saturated rings. The Kier molecular flexibility index (Phi) is 6.16. The second kappa shape index (κ2) is 6.36. The Morgan fingerprint density at radius 3 is 2.64 bits per heavy atom. The summed E-state index contributed by atoms with van der Waals surface area (Å²) in [6.07, 6.45) is 3.95. The smallest absolute Gasteiger partial charge is 0.304 e. The van der Waals surface area contributed by atoms with Gasteiger partial charge < -0.3 is 10.5 Å². The van der Waals surface area contributed by atoms with Gasteiger partial charge in [-0.3, -0.25) is 4.79 Å². The number of hydrogen-bond donors (Lipinski definition) is 2. The lowest BCUT2D eigenvalue weighted by Crippen LogP contribution is -2.21. The van der Waals surface area contributed by atoms with Crippen LogP contribution in [0.1, 0.15) is 32.6 Å². The standard InChI is InChI=1S/C7H15NO2Si/c1-2-3-4-5-6(11-8)7(9)10/h6H,2-5,8H2,1H3,(H,9,10)/t6-/m0/s1. The number of unbranched alkanes of at least 4 members (excludes halogenated alkanes) is 2. The number of rotatable bonds is 6. The van der Waals surface area contributed by atoms with Crippen molar-refractivity contribution in [1.82, 2.24) is 0 Å². The molecule has 3 nitrogen and oxygen atoms in total. The van der Waals surface area contributed by atoms with Gasteiger partial charge in [-0.05, 0) is 6.42 Å². The molecule has 2 radical (unpaired) electrons. The third kappa shape index (κ3) is 4.98. The van der Waals surface area contributed by atoms with Gasteiger partial charge in [0.1, 0.15) is 0 Å². The van der Waals surface area contributed by atoms with Gasteiger partial charge in [0.05, 0.1) is 5.54 Å². The molecule has 0 aliphatic carbocycles. The summed E-state index contributed by atoms with van der Waals surface area (Å²) in [5.41, 5.74) is -0.304. The maximum atomic E-state index is 10.5. The van der Waals surface area contributed by atoms with Crippen LogP contribution in [0.25, 0.3) is 0 Å². The van der Waals surface area contributed by atoms with E-state index in [1.165, 1.54) is 0 Å². The predicted molar refractivity (Wildman–Crippen MR) is 45.5 cm³/mol. The molecule has 3 N–H and O–H groups in total. The van der Waals surface area contributed by atoms with Crippen molar-refractivity contribution in [3.63, 3.8) is 0 Å². The van der Waals surface area contributed by atoms with Crippen LogP contribution in [-0.4, -0.2) is 20.8 Å². The monoisotopic (exact) mass is 173 g/mol. The van der Waals surface area contributed by atoms with Crippen molar-refractivity contribution >= 4 is 15.7 Å². The lowest BCUT2D eigenvalue weighted by molar-refractivity contribution is -0.137. The highest BCUT2D eigenvalue weighted by molar-refractivity contribution is 6.39. The van der Waals surface area contributed by atoms with Gasteiger partial charge in [-0.2, -0.15) is 0 Å². The van der Waals surface area contributed by atoms with E-state index < -0.39 is 5.97 Å². The Hall–Kier alpha value is -0.353. The van der Waals surface area contributed by atoms with Gasteiger partial charge in [-0.1, -0.05) is 26.2 Å². The molecule has 0 amide bonds. The molecule has 0 aromatic heterocycles. The number of carboxylic acids is 1. The first kappa shape index (κ1) is 10.6. The average Bonchev–Trinajstić information content (AvgIpc) is 1.97. The fourth-order valence-corrected chi connectivity index (χ4v) is 1.39. The summed E-state index contributed by atoms with van der Waals surface area (Å²) in [4.78, 5) is 10.5. The Bertz CT molecular complexity index is 119. The second-order valence-corrected chi connectivity index (χ2v) is 3.58. The van der Waals surface area contributed by atoms with Crippen molar-refractivity contribution in [3.8, 4) is 0 Å². The fraction of sp³-hybridized carbons (Fsp3) is 0.857. The molecule has 0 aliphatic heterocycles. The minimum atomic E-state index is -0.748. The highest BCUT2D eigenvalue weighted by Crippen LogP contribution is 2.12. The quantitative estimate of drug-likeness (QED) is 0.465. The molecule has 0 rings (SSSR count). The van der Waals surface area contributed by atoms with Crippen molar-refractivity contribution in [1.29, 1.82) is 0 Å². The van der Waals surface area contributed by atoms with Crippen LogP contribution in [0.2, 0.25) is 5.54 Å². The normalized spacial score (nSPS) is 12.9. The molecule has 0 spiro atoms. The van der Waals surface area contributed by atoms with Gasteiger partial charge in [0.2, 0.25) is 0 Å². The summed E-state index contributed by atoms with van der Waals surface area (Å²) in [5.74, 6) is -0.748. The molecule has 64 valence electrons. The van der Waals surface area contributed by atoms with Crippen LogP contribution in [0.4, 0.5) is 0 Å². The second-order valence-electron chi connectivity index (χ2n) is 2.55. The number of aliphatic carboxylic acids is 1. The van der Waals surface area contributed by atoms with E-state index in [-0.39, 0.29) is 15.2 Å². The Balaban J connectivity index is 3.44. The van der Waals surface area contributed by atoms with Crippen molar-refractivity contribution in [2.75, 3.05) is 0 Å². The third-order valence-electron chi connectivity index (χ3n) is 1.60. The van der Waals surface area contributed by atoms with Gasteiger partial charge in [-0.25, -0.2) is 0 Å². The molecule has 0 aromatic rings. The minimum absolute atomic E-state index is 0.0410. The molecular weight excluding hydrogens is 158 g/mol. The van der Waals surface area contributed by atoms with Crippen LogP contribution in [0.5, 0.6) is 0 Å². The van der Waals surface area contributed by atoms with Crippen LogP contribution in [0, 0.1) is 0 Å². The molecular formula is C7H15NO2Si. The summed E-state index contributed by atoms with van der Waals surface area (Å²) in [5, 5.41) is 13.9. The zero-order valence-corrected chi connectivity index (χ0v) is 7.84. The van der Waals surface area contributed by atoms with E-state index in [0.717, 1.165) is 25.7 Å². The van der Waals surface area contributed by atoms with Crippen molar-refractivity contribution in [2.45, 2.75) is 38.1 Å². The largest absolute Gasteiger partial charge is 0.481 e. The van der Waals surface area contributed by atoms with E-state index in [2.05, 4.69) is 6.92 Å². The summed E-state index contributed by atoms with van der Waals surface area (Å²) >= 11 is 0. The van der Waals surface area contributed by atoms with Crippen LogP contribution in [-0.2, 0) is 4.79 Å². The summed E-state index contributed by atoms with van der Waals surface area (Å²) in [6.45, 7) is 2.10. The van der Waals surface area contributed by atoms with Crippen molar-refractivity contribution in [2.24, 2.45) is 5.40 Å². The van der Waals surface area contributed by atoms with Crippen LogP contribution < -0.4 is 5.40 Å². The molecule has 0 bridgehead atoms. The highest BCUT2D eigenvalue weighted by Gasteiger charge is 2.15. The number of carbonyl (C=O) groups is 1. The molecule has 0 saturated carbocycles. The van der Waals surface area contributed by atoms with Crippen molar-refractivity contribution in [3.05, 3.63) is 0 Å². The zero-order chi connectivity index (χ0) is 8.69. The van der Waals surface area contributed by atoms with E-state index in [1.807, 2.05) is 0 Å². The van der Waals surface area contributed by atoms with E-state index in [4.69, 9.17) is 10.5 Å². The van der Waals surface area contributed by atoms with E-state index in [0.29, 0.717) is 0 Å². The Morgan fingerprint density at radius 2 is 2.27 bits per heavy atom. The predicted octanol–water partition coefficient (Wildman–Crippen LogP) is 1.02. The third-order valence-corrected chi connectivity index (χ3v) is 2.53. The van der Waals surface area contributed by atoms with Crippen molar-refractivity contribution < 1.29 is 9.90 Å². The van der Waals surface area contributed by atoms with Gasteiger partial charge >= 0.3 is 5.97 Å². The molecule has 0 aromatic carbocycles. The first-order valence-electron chi connectivity index (χ1n) is 3.91. The van der Waals surface area contributed by atoms with E-state index in [9.17, 15) is 4.79 Å². The SMILES string of the molecule is CCCCC[C@H]([Si]N)C(=O)O. The number of carboxylic acid groups (broad SMARTS) is 1. The van der Waals surface area contributed by atoms with E-state index >= 15 is 0 Å². The molecule has 0 heterocycles. The molecule has 0 saturated heterocycles. The van der Waals surface area contributed by atoms with E-state index in [1.54, 1.807) is 0 Å². The molecule has 0 unspecified atom stereocenters. The average molecular weight is 173 g/mol. The topological polar surface area (TPSA) is 63.3 Å². The van der Waals surface area contributed by atoms with Gasteiger partial charge in [-0.15, -0.1) is 0 Å². The highest BCUT2D eigenvalue weighted by atomic mass is 28.2. The van der Waals surface area contributed by atoms with Gasteiger partial charge in [0, 0.05) is 0 Å². The minimum Gasteiger partial charge on any atom is -0.481 e. The molecule has 11 heavy (non-hydrogen) atoms. The first-order valence-corrected chi connectivity index (χ1v) is 5.06. The molecule has 1 atom stereocenters. The molecule has 4 heteroatoms. The molecule has 0 aliphatic rings. The summed E-state index contributed by atoms with van der Waals surface area (Å²) < 4.78 is 0. The number of nitrogens with two attached hydrogens (primary N) is 1. The Labute approximate surface area is 69.9 Å². The summed E-state index contributed by atoms with van der Waals surface area (Å²) in [7, 11) is 0.0410. The van der Waals surface area contributed by atoms with Gasteiger partial charge in [0.15, 0.2) is 9.68 Å². The lowest BCUT2D eigenvalue weighted by atomic mass is 10.1. The van der Waals surface area contributed by atoms with Crippen LogP contribution in [0.3, 0.4) is 0 Å².